The molecule has 0 saturated carbocycles. The van der Waals surface area contributed by atoms with Crippen molar-refractivity contribution in [3.63, 3.8) is 0 Å². The molecule has 0 radical (unpaired) electrons. The minimum atomic E-state index is -0.971. The number of hydrogen-bond acceptors (Lipinski definition) is 4. The molecule has 0 aliphatic carbocycles. The van der Waals surface area contributed by atoms with Crippen molar-refractivity contribution >= 4 is 11.7 Å². The fraction of sp³-hybridized carbons (Fsp3) is 0.800. The quantitative estimate of drug-likeness (QED) is 0.753. The van der Waals surface area contributed by atoms with Crippen molar-refractivity contribution in [3.05, 3.63) is 6.20 Å². The van der Waals surface area contributed by atoms with Crippen molar-refractivity contribution in [1.82, 2.24) is 19.9 Å². The first-order chi connectivity index (χ1) is 10.9. The Hall–Kier alpha value is -1.57. The van der Waals surface area contributed by atoms with Gasteiger partial charge in [0.1, 0.15) is 12.3 Å². The highest BCUT2D eigenvalue weighted by atomic mass is 19.1. The minimum absolute atomic E-state index is 0.133. The lowest BCUT2D eigenvalue weighted by Crippen LogP contribution is -2.51. The first kappa shape index (κ1) is 17.8. The van der Waals surface area contributed by atoms with Crippen LogP contribution in [0.4, 0.5) is 14.6 Å². The number of amides is 1. The van der Waals surface area contributed by atoms with E-state index in [1.165, 1.54) is 10.9 Å². The van der Waals surface area contributed by atoms with Crippen molar-refractivity contribution in [2.45, 2.75) is 52.0 Å². The van der Waals surface area contributed by atoms with Gasteiger partial charge >= 0.3 is 0 Å². The first-order valence-corrected chi connectivity index (χ1v) is 8.13. The molecule has 1 aromatic heterocycles. The Bertz CT molecular complexity index is 502. The summed E-state index contributed by atoms with van der Waals surface area (Å²) in [5, 5.41) is 10.2. The van der Waals surface area contributed by atoms with Crippen LogP contribution in [0.15, 0.2) is 6.20 Å². The molecule has 1 unspecified atom stereocenters. The van der Waals surface area contributed by atoms with E-state index in [0.29, 0.717) is 31.2 Å². The van der Waals surface area contributed by atoms with Crippen LogP contribution in [-0.4, -0.2) is 57.8 Å². The summed E-state index contributed by atoms with van der Waals surface area (Å²) in [6.07, 6.45) is 2.07. The Morgan fingerprint density at radius 1 is 1.43 bits per heavy atom. The van der Waals surface area contributed by atoms with E-state index in [1.807, 2.05) is 0 Å². The number of hydrogen-bond donors (Lipinski definition) is 1. The van der Waals surface area contributed by atoms with Gasteiger partial charge in [0.25, 0.3) is 0 Å². The molecular formula is C15H25F2N5O. The molecule has 6 nitrogen and oxygen atoms in total. The van der Waals surface area contributed by atoms with Crippen LogP contribution in [0.2, 0.25) is 0 Å². The average molecular weight is 329 g/mol. The maximum absolute atomic E-state index is 13.9. The van der Waals surface area contributed by atoms with Crippen LogP contribution in [0.1, 0.15) is 33.1 Å². The summed E-state index contributed by atoms with van der Waals surface area (Å²) < 4.78 is 27.9. The van der Waals surface area contributed by atoms with Crippen LogP contribution in [-0.2, 0) is 11.3 Å². The van der Waals surface area contributed by atoms with E-state index in [0.717, 1.165) is 12.8 Å². The Morgan fingerprint density at radius 2 is 2.17 bits per heavy atom. The maximum Gasteiger partial charge on any atom is 0.239 e. The molecule has 1 atom stereocenters. The summed E-state index contributed by atoms with van der Waals surface area (Å²) >= 11 is 0. The van der Waals surface area contributed by atoms with E-state index in [9.17, 15) is 13.6 Å². The Labute approximate surface area is 135 Å². The molecule has 1 aliphatic heterocycles. The number of carbonyl (C=O) groups excluding carboxylic acids is 1. The van der Waals surface area contributed by atoms with Crippen LogP contribution in [0, 0.1) is 5.92 Å². The zero-order valence-electron chi connectivity index (χ0n) is 13.7. The predicted molar refractivity (Wildman–Crippen MR) is 83.6 cm³/mol. The summed E-state index contributed by atoms with van der Waals surface area (Å²) in [7, 11) is 0. The largest absolute Gasteiger partial charge is 0.307 e. The summed E-state index contributed by atoms with van der Waals surface area (Å²) in [6, 6.07) is 0. The second-order valence-electron chi connectivity index (χ2n) is 6.59. The van der Waals surface area contributed by atoms with Crippen LogP contribution in [0.5, 0.6) is 0 Å². The fourth-order valence-electron chi connectivity index (χ4n) is 2.51. The first-order valence-electron chi connectivity index (χ1n) is 8.13. The summed E-state index contributed by atoms with van der Waals surface area (Å²) in [4.78, 5) is 13.4. The van der Waals surface area contributed by atoms with E-state index >= 15 is 0 Å². The smallest absolute Gasteiger partial charge is 0.239 e. The van der Waals surface area contributed by atoms with Gasteiger partial charge in [-0.25, -0.2) is 13.5 Å². The predicted octanol–water partition coefficient (Wildman–Crippen LogP) is 2.03. The topological polar surface area (TPSA) is 63.1 Å². The number of halogens is 2. The highest BCUT2D eigenvalue weighted by molar-refractivity contribution is 5.91. The molecule has 2 heterocycles. The van der Waals surface area contributed by atoms with Gasteiger partial charge in [-0.1, -0.05) is 31.9 Å². The fourth-order valence-corrected chi connectivity index (χ4v) is 2.51. The molecule has 0 spiro atoms. The lowest BCUT2D eigenvalue weighted by Gasteiger charge is -2.33. The molecule has 1 aromatic rings. The molecule has 130 valence electrons. The van der Waals surface area contributed by atoms with Crippen LogP contribution in [0.3, 0.4) is 0 Å². The van der Waals surface area contributed by atoms with E-state index in [2.05, 4.69) is 29.5 Å². The van der Waals surface area contributed by atoms with Gasteiger partial charge in [-0.3, -0.25) is 9.69 Å². The van der Waals surface area contributed by atoms with Gasteiger partial charge < -0.3 is 5.32 Å². The Morgan fingerprint density at radius 3 is 2.83 bits per heavy atom. The summed E-state index contributed by atoms with van der Waals surface area (Å²) in [5.41, 5.74) is 0. The minimum Gasteiger partial charge on any atom is -0.307 e. The lowest BCUT2D eigenvalue weighted by atomic mass is 10.0. The SMILES string of the molecule is CC(C)CCCC(F)Cn1cc(NC(=O)CN2CC(F)C2)nn1. The number of anilines is 1. The van der Waals surface area contributed by atoms with E-state index in [1.54, 1.807) is 4.90 Å². The van der Waals surface area contributed by atoms with Gasteiger partial charge in [-0.05, 0) is 12.3 Å². The third kappa shape index (κ3) is 6.21. The van der Waals surface area contributed by atoms with E-state index in [4.69, 9.17) is 0 Å². The van der Waals surface area contributed by atoms with Crippen molar-refractivity contribution in [2.75, 3.05) is 25.0 Å². The van der Waals surface area contributed by atoms with E-state index in [-0.39, 0.29) is 19.0 Å². The lowest BCUT2D eigenvalue weighted by molar-refractivity contribution is -0.119. The van der Waals surface area contributed by atoms with Gasteiger partial charge in [0.05, 0.1) is 19.3 Å². The van der Waals surface area contributed by atoms with Gasteiger partial charge in [0, 0.05) is 13.1 Å². The molecule has 8 heteroatoms. The van der Waals surface area contributed by atoms with Crippen LogP contribution < -0.4 is 5.32 Å². The third-order valence-corrected chi connectivity index (χ3v) is 3.77. The average Bonchev–Trinajstić information content (AvgIpc) is 2.83. The number of nitrogens with zero attached hydrogens (tertiary/aromatic N) is 4. The van der Waals surface area contributed by atoms with E-state index < -0.39 is 12.3 Å². The Kier molecular flexibility index (Phi) is 6.44. The molecule has 0 bridgehead atoms. The molecule has 1 aliphatic rings. The molecule has 1 amide bonds. The number of alkyl halides is 2. The highest BCUT2D eigenvalue weighted by Gasteiger charge is 2.27. The zero-order chi connectivity index (χ0) is 16.8. The summed E-state index contributed by atoms with van der Waals surface area (Å²) in [5.74, 6) is 0.605. The molecular weight excluding hydrogens is 304 g/mol. The molecule has 1 fully saturated rings. The summed E-state index contributed by atoms with van der Waals surface area (Å²) in [6.45, 7) is 5.09. The monoisotopic (exact) mass is 329 g/mol. The van der Waals surface area contributed by atoms with Crippen molar-refractivity contribution < 1.29 is 13.6 Å². The van der Waals surface area contributed by atoms with Crippen molar-refractivity contribution in [3.8, 4) is 0 Å². The molecule has 0 aromatic carbocycles. The molecule has 2 rings (SSSR count). The molecule has 1 N–H and O–H groups in total. The van der Waals surface area contributed by atoms with Gasteiger partial charge in [-0.2, -0.15) is 0 Å². The number of aromatic nitrogens is 3. The molecule has 1 saturated heterocycles. The Balaban J connectivity index is 1.69. The molecule has 23 heavy (non-hydrogen) atoms. The number of nitrogens with one attached hydrogen (secondary N) is 1. The highest BCUT2D eigenvalue weighted by Crippen LogP contribution is 2.13. The number of rotatable bonds is 9. The second kappa shape index (κ2) is 8.33. The third-order valence-electron chi connectivity index (χ3n) is 3.77. The standard InChI is InChI=1S/C15H25F2N5O/c1-11(2)4-3-5-12(16)8-22-9-14(19-20-22)18-15(23)10-21-6-13(17)7-21/h9,11-13H,3-8,10H2,1-2H3,(H,18,23). The van der Waals surface area contributed by atoms with Gasteiger partial charge in [0.15, 0.2) is 5.82 Å². The van der Waals surface area contributed by atoms with Gasteiger partial charge in [-0.15, -0.1) is 5.10 Å². The van der Waals surface area contributed by atoms with Crippen molar-refractivity contribution in [1.29, 1.82) is 0 Å². The normalized spacial score (nSPS) is 17.3. The number of likely N-dealkylation sites (tertiary alicyclic amines) is 1. The zero-order valence-corrected chi connectivity index (χ0v) is 13.7. The van der Waals surface area contributed by atoms with Crippen LogP contribution >= 0.6 is 0 Å². The second-order valence-corrected chi connectivity index (χ2v) is 6.59. The van der Waals surface area contributed by atoms with Crippen LogP contribution in [0.25, 0.3) is 0 Å². The van der Waals surface area contributed by atoms with Gasteiger partial charge in [0.2, 0.25) is 5.91 Å². The number of carbonyl (C=O) groups is 1. The maximum atomic E-state index is 13.9. The van der Waals surface area contributed by atoms with Crippen molar-refractivity contribution in [2.24, 2.45) is 5.92 Å².